The zero-order chi connectivity index (χ0) is 24.4. The summed E-state index contributed by atoms with van der Waals surface area (Å²) in [6.07, 6.45) is 2.52. The Morgan fingerprint density at radius 1 is 1.03 bits per heavy atom. The van der Waals surface area contributed by atoms with Gasteiger partial charge in [-0.05, 0) is 52.9 Å². The average molecular weight is 579 g/mol. The number of hydrogen-bond donors (Lipinski definition) is 5. The van der Waals surface area contributed by atoms with Gasteiger partial charge >= 0.3 is 0 Å². The van der Waals surface area contributed by atoms with Gasteiger partial charge in [-0.15, -0.1) is 0 Å². The summed E-state index contributed by atoms with van der Waals surface area (Å²) in [6.45, 7) is 2.33. The topological polar surface area (TPSA) is 112 Å². The van der Waals surface area contributed by atoms with Gasteiger partial charge in [0.2, 0.25) is 0 Å². The van der Waals surface area contributed by atoms with Crippen LogP contribution < -0.4 is 16.3 Å². The maximum atomic E-state index is 15.2. The van der Waals surface area contributed by atoms with Crippen LogP contribution in [0.25, 0.3) is 5.70 Å². The number of nitrogens with one attached hydrogen (secondary N) is 3. The normalized spacial score (nSPS) is 11.3. The van der Waals surface area contributed by atoms with E-state index in [0.29, 0.717) is 3.57 Å². The lowest BCUT2D eigenvalue weighted by molar-refractivity contribution is 0.0168. The molecule has 0 bridgehead atoms. The van der Waals surface area contributed by atoms with Gasteiger partial charge in [-0.25, -0.2) is 18.7 Å². The second kappa shape index (κ2) is 13.2. The molecule has 2 aromatic rings. The van der Waals surface area contributed by atoms with Crippen LogP contribution in [0, 0.1) is 21.0 Å². The molecule has 1 amide bonds. The highest BCUT2D eigenvalue weighted by Gasteiger charge is 2.25. The quantitative estimate of drug-likeness (QED) is 0.114. The second-order valence-electron chi connectivity index (χ2n) is 6.22. The molecule has 0 aliphatic carbocycles. The summed E-state index contributed by atoms with van der Waals surface area (Å²) >= 11 is 1.88. The van der Waals surface area contributed by atoms with Crippen LogP contribution in [-0.4, -0.2) is 42.5 Å². The number of hydroxylamine groups is 2. The van der Waals surface area contributed by atoms with E-state index in [4.69, 9.17) is 19.9 Å². The predicted molar refractivity (Wildman–Crippen MR) is 124 cm³/mol. The van der Waals surface area contributed by atoms with E-state index < -0.39 is 46.8 Å². The lowest BCUT2D eigenvalue weighted by Gasteiger charge is -2.18. The molecule has 2 rings (SSSR count). The molecule has 0 unspecified atom stereocenters. The number of halogens is 4. The van der Waals surface area contributed by atoms with Crippen LogP contribution in [0.4, 0.5) is 24.5 Å². The summed E-state index contributed by atoms with van der Waals surface area (Å²) in [5.74, 6) is -4.59. The molecule has 0 heterocycles. The highest BCUT2D eigenvalue weighted by Crippen LogP contribution is 2.32. The van der Waals surface area contributed by atoms with Crippen LogP contribution in [-0.2, 0) is 9.68 Å². The minimum atomic E-state index is -1.48. The Hall–Kier alpha value is -2.65. The minimum Gasteiger partial charge on any atom is -0.394 e. The zero-order valence-corrected chi connectivity index (χ0v) is 19.3. The fourth-order valence-corrected chi connectivity index (χ4v) is 2.99. The van der Waals surface area contributed by atoms with Crippen molar-refractivity contribution >= 4 is 45.6 Å². The predicted octanol–water partition coefficient (Wildman–Crippen LogP) is 3.15. The summed E-state index contributed by atoms with van der Waals surface area (Å²) in [5, 5.41) is 20.1. The summed E-state index contributed by atoms with van der Waals surface area (Å²) in [5.41, 5.74) is 2.57. The van der Waals surface area contributed by atoms with Gasteiger partial charge in [0.25, 0.3) is 5.91 Å². The maximum absolute atomic E-state index is 15.2. The molecule has 0 spiro atoms. The molecule has 0 aromatic heterocycles. The van der Waals surface area contributed by atoms with Gasteiger partial charge in [-0.3, -0.25) is 19.9 Å². The molecule has 0 aliphatic rings. The zero-order valence-electron chi connectivity index (χ0n) is 17.1. The van der Waals surface area contributed by atoms with E-state index in [9.17, 15) is 9.18 Å². The number of aliphatic hydroxyl groups excluding tert-OH is 2. The van der Waals surface area contributed by atoms with Crippen LogP contribution in [0.3, 0.4) is 0 Å². The minimum absolute atomic E-state index is 0.104. The van der Waals surface area contributed by atoms with Crippen molar-refractivity contribution < 1.29 is 37.9 Å². The molecule has 33 heavy (non-hydrogen) atoms. The Morgan fingerprint density at radius 2 is 1.70 bits per heavy atom. The van der Waals surface area contributed by atoms with E-state index in [-0.39, 0.29) is 31.2 Å². The van der Waals surface area contributed by atoms with E-state index in [1.54, 1.807) is 0 Å². The van der Waals surface area contributed by atoms with Crippen molar-refractivity contribution in [1.82, 2.24) is 11.0 Å². The van der Waals surface area contributed by atoms with Gasteiger partial charge < -0.3 is 15.5 Å². The van der Waals surface area contributed by atoms with Crippen LogP contribution in [0.2, 0.25) is 0 Å². The third-order valence-corrected chi connectivity index (χ3v) is 4.62. The Kier molecular flexibility index (Phi) is 10.6. The van der Waals surface area contributed by atoms with Crippen molar-refractivity contribution in [2.24, 2.45) is 0 Å². The molecule has 2 aromatic carbocycles. The first-order valence-electron chi connectivity index (χ1n) is 9.42. The van der Waals surface area contributed by atoms with E-state index in [1.165, 1.54) is 30.4 Å². The van der Waals surface area contributed by atoms with Crippen molar-refractivity contribution in [3.05, 3.63) is 75.1 Å². The number of hydrogen-bond acceptors (Lipinski definition) is 7. The smallest absolute Gasteiger partial charge is 0.277 e. The lowest BCUT2D eigenvalue weighted by atomic mass is 10.0. The first-order valence-corrected chi connectivity index (χ1v) is 10.5. The number of carbonyl (C=O) groups excluding carboxylic acids is 1. The number of carbonyl (C=O) groups is 1. The molecule has 5 N–H and O–H groups in total. The SMILES string of the molecule is C=CC=C(NOCCO)c1cc(C(=O)NOCCO)c(Nc2ccc(I)cc2F)c(F)c1F. The van der Waals surface area contributed by atoms with Crippen molar-refractivity contribution in [3.63, 3.8) is 0 Å². The fraction of sp³-hybridized carbons (Fsp3) is 0.190. The molecule has 0 aliphatic heterocycles. The van der Waals surface area contributed by atoms with Gasteiger partial charge in [0.15, 0.2) is 11.6 Å². The molecule has 0 saturated carbocycles. The number of aliphatic hydroxyl groups is 2. The molecule has 0 saturated heterocycles. The number of benzene rings is 2. The van der Waals surface area contributed by atoms with E-state index in [1.807, 2.05) is 28.1 Å². The number of allylic oxidation sites excluding steroid dienone is 2. The highest BCUT2D eigenvalue weighted by atomic mass is 127. The molecule has 0 radical (unpaired) electrons. The van der Waals surface area contributed by atoms with Gasteiger partial charge in [0, 0.05) is 9.13 Å². The first kappa shape index (κ1) is 26.6. The lowest BCUT2D eigenvalue weighted by Crippen LogP contribution is -2.27. The third kappa shape index (κ3) is 7.17. The van der Waals surface area contributed by atoms with Crippen LogP contribution in [0.15, 0.2) is 43.0 Å². The average Bonchev–Trinajstić information content (AvgIpc) is 2.78. The number of amides is 1. The standard InChI is InChI=1S/C21H21F3IN3O5/c1-2-3-16(27-32-8-6-29)13-11-14(21(31)28-33-9-7-30)20(19(24)18(13)23)26-17-5-4-12(25)10-15(17)22/h2-5,10-11,26-27,29-30H,1,6-9H2,(H,28,31). The molecule has 12 heteroatoms. The van der Waals surface area contributed by atoms with E-state index in [0.717, 1.165) is 6.07 Å². The number of rotatable bonds is 12. The Bertz CT molecular complexity index is 1040. The molecular formula is C21H21F3IN3O5. The summed E-state index contributed by atoms with van der Waals surface area (Å²) in [7, 11) is 0. The van der Waals surface area contributed by atoms with E-state index >= 15 is 8.78 Å². The van der Waals surface area contributed by atoms with Crippen LogP contribution >= 0.6 is 22.6 Å². The van der Waals surface area contributed by atoms with Gasteiger partial charge in [0.05, 0.1) is 49.1 Å². The second-order valence-corrected chi connectivity index (χ2v) is 7.46. The summed E-state index contributed by atoms with van der Waals surface area (Å²) in [4.78, 5) is 22.4. The van der Waals surface area contributed by atoms with Crippen molar-refractivity contribution in [2.45, 2.75) is 0 Å². The van der Waals surface area contributed by atoms with Gasteiger partial charge in [0.1, 0.15) is 5.82 Å². The molecule has 8 nitrogen and oxygen atoms in total. The Balaban J connectivity index is 2.59. The van der Waals surface area contributed by atoms with E-state index in [2.05, 4.69) is 17.4 Å². The Labute approximate surface area is 201 Å². The molecule has 0 fully saturated rings. The molecule has 178 valence electrons. The summed E-state index contributed by atoms with van der Waals surface area (Å²) < 4.78 is 45.1. The Morgan fingerprint density at radius 3 is 2.30 bits per heavy atom. The van der Waals surface area contributed by atoms with Crippen molar-refractivity contribution in [3.8, 4) is 0 Å². The number of anilines is 2. The highest BCUT2D eigenvalue weighted by molar-refractivity contribution is 14.1. The fourth-order valence-electron chi connectivity index (χ4n) is 2.54. The van der Waals surface area contributed by atoms with Crippen LogP contribution in [0.1, 0.15) is 15.9 Å². The maximum Gasteiger partial charge on any atom is 0.277 e. The largest absolute Gasteiger partial charge is 0.394 e. The third-order valence-electron chi connectivity index (χ3n) is 3.95. The monoisotopic (exact) mass is 579 g/mol. The van der Waals surface area contributed by atoms with Crippen molar-refractivity contribution in [1.29, 1.82) is 0 Å². The molecule has 0 atom stereocenters. The molecular weight excluding hydrogens is 558 g/mol. The van der Waals surface area contributed by atoms with Gasteiger partial charge in [-0.1, -0.05) is 12.7 Å². The van der Waals surface area contributed by atoms with Gasteiger partial charge in [-0.2, -0.15) is 0 Å². The van der Waals surface area contributed by atoms with Crippen molar-refractivity contribution in [2.75, 3.05) is 31.7 Å². The van der Waals surface area contributed by atoms with Crippen LogP contribution in [0.5, 0.6) is 0 Å². The summed E-state index contributed by atoms with van der Waals surface area (Å²) in [6, 6.07) is 5.00. The first-order chi connectivity index (χ1) is 15.8.